The minimum atomic E-state index is -0.0449. The molecular weight excluding hydrogens is 264 g/mol. The lowest BCUT2D eigenvalue weighted by atomic mass is 9.91. The zero-order valence-electron chi connectivity index (χ0n) is 12.7. The molecule has 1 saturated heterocycles. The normalized spacial score (nSPS) is 24.8. The number of rotatable bonds is 3. The second-order valence-electron chi connectivity index (χ2n) is 6.16. The largest absolute Gasteiger partial charge is 0.493 e. The summed E-state index contributed by atoms with van der Waals surface area (Å²) in [6.45, 7) is 3.63. The Morgan fingerprint density at radius 1 is 1.38 bits per heavy atom. The number of carbonyl (C=O) groups excluding carboxylic acids is 1. The van der Waals surface area contributed by atoms with Gasteiger partial charge in [0.05, 0.1) is 12.5 Å². The van der Waals surface area contributed by atoms with E-state index in [0.717, 1.165) is 37.4 Å². The fourth-order valence-electron chi connectivity index (χ4n) is 3.42. The molecule has 2 unspecified atom stereocenters. The molecule has 1 amide bonds. The van der Waals surface area contributed by atoms with Gasteiger partial charge in [0.25, 0.3) is 0 Å². The summed E-state index contributed by atoms with van der Waals surface area (Å²) in [5.41, 5.74) is 1.04. The topological polar surface area (TPSA) is 41.6 Å². The van der Waals surface area contributed by atoms with Crippen LogP contribution in [0.2, 0.25) is 0 Å². The maximum atomic E-state index is 12.8. The van der Waals surface area contributed by atoms with Gasteiger partial charge in [-0.05, 0) is 44.3 Å². The van der Waals surface area contributed by atoms with Gasteiger partial charge in [0, 0.05) is 19.2 Å². The van der Waals surface area contributed by atoms with E-state index in [2.05, 4.69) is 5.32 Å². The van der Waals surface area contributed by atoms with Crippen molar-refractivity contribution >= 4 is 5.91 Å². The molecule has 21 heavy (non-hydrogen) atoms. The minimum Gasteiger partial charge on any atom is -0.493 e. The van der Waals surface area contributed by atoms with Gasteiger partial charge in [-0.15, -0.1) is 0 Å². The van der Waals surface area contributed by atoms with E-state index in [9.17, 15) is 4.79 Å². The van der Waals surface area contributed by atoms with Crippen molar-refractivity contribution in [1.29, 1.82) is 0 Å². The van der Waals surface area contributed by atoms with E-state index >= 15 is 0 Å². The molecule has 3 rings (SSSR count). The molecule has 0 bridgehead atoms. The summed E-state index contributed by atoms with van der Waals surface area (Å²) in [6.07, 6.45) is 3.21. The fourth-order valence-corrected chi connectivity index (χ4v) is 3.42. The minimum absolute atomic E-state index is 0.0449. The number of likely N-dealkylation sites (N-methyl/N-ethyl adjacent to an activating group) is 1. The summed E-state index contributed by atoms with van der Waals surface area (Å²) in [5, 5.41) is 3.42. The summed E-state index contributed by atoms with van der Waals surface area (Å²) in [7, 11) is 1.94. The summed E-state index contributed by atoms with van der Waals surface area (Å²) < 4.78 is 5.65. The van der Waals surface area contributed by atoms with E-state index in [4.69, 9.17) is 4.74 Å². The monoisotopic (exact) mass is 288 g/mol. The molecule has 4 nitrogen and oxygen atoms in total. The molecule has 0 saturated carbocycles. The third-order valence-electron chi connectivity index (χ3n) is 4.56. The van der Waals surface area contributed by atoms with Crippen LogP contribution in [0, 0.1) is 5.92 Å². The van der Waals surface area contributed by atoms with Crippen LogP contribution in [-0.2, 0) is 4.79 Å². The van der Waals surface area contributed by atoms with Crippen LogP contribution in [0.3, 0.4) is 0 Å². The number of ether oxygens (including phenoxy) is 1. The Kier molecular flexibility index (Phi) is 4.44. The van der Waals surface area contributed by atoms with E-state index in [1.165, 1.54) is 12.8 Å². The lowest BCUT2D eigenvalue weighted by molar-refractivity contribution is -0.132. The van der Waals surface area contributed by atoms with E-state index in [-0.39, 0.29) is 11.8 Å². The molecule has 0 aliphatic carbocycles. The predicted molar refractivity (Wildman–Crippen MR) is 82.5 cm³/mol. The maximum Gasteiger partial charge on any atom is 0.230 e. The van der Waals surface area contributed by atoms with Crippen LogP contribution in [-0.4, -0.2) is 44.1 Å². The van der Waals surface area contributed by atoms with Gasteiger partial charge < -0.3 is 15.0 Å². The number of nitrogens with one attached hydrogen (secondary N) is 1. The van der Waals surface area contributed by atoms with Crippen LogP contribution in [0.4, 0.5) is 0 Å². The molecule has 2 aliphatic heterocycles. The first kappa shape index (κ1) is 14.4. The lowest BCUT2D eigenvalue weighted by Gasteiger charge is -2.32. The average molecular weight is 288 g/mol. The predicted octanol–water partition coefficient (Wildman–Crippen LogP) is 2.01. The number of amides is 1. The first-order valence-corrected chi connectivity index (χ1v) is 7.93. The zero-order valence-corrected chi connectivity index (χ0v) is 12.7. The van der Waals surface area contributed by atoms with Crippen LogP contribution in [0.1, 0.15) is 30.7 Å². The molecule has 2 heterocycles. The van der Waals surface area contributed by atoms with Crippen LogP contribution in [0.25, 0.3) is 0 Å². The number of piperidine rings is 1. The Labute approximate surface area is 126 Å². The molecular formula is C17H24N2O2. The summed E-state index contributed by atoms with van der Waals surface area (Å²) in [6, 6.07) is 7.93. The van der Waals surface area contributed by atoms with Crippen molar-refractivity contribution in [3.8, 4) is 5.75 Å². The third kappa shape index (κ3) is 3.21. The molecule has 2 aliphatic rings. The number of para-hydroxylation sites is 1. The number of nitrogens with zero attached hydrogens (tertiary/aromatic N) is 1. The standard InChI is InChI=1S/C17H24N2O2/c1-19(12-13-5-4-9-18-11-13)17(20)15-8-10-21-16-7-3-2-6-14(15)16/h2-3,6-7,13,15,18H,4-5,8-12H2,1H3. The van der Waals surface area contributed by atoms with Crippen LogP contribution < -0.4 is 10.1 Å². The first-order chi connectivity index (χ1) is 10.3. The quantitative estimate of drug-likeness (QED) is 0.925. The molecule has 0 radical (unpaired) electrons. The molecule has 114 valence electrons. The molecule has 0 aromatic heterocycles. The summed E-state index contributed by atoms with van der Waals surface area (Å²) in [4.78, 5) is 14.7. The van der Waals surface area contributed by atoms with Gasteiger partial charge in [0.15, 0.2) is 0 Å². The van der Waals surface area contributed by atoms with Crippen LogP contribution >= 0.6 is 0 Å². The van der Waals surface area contributed by atoms with E-state index in [1.54, 1.807) is 0 Å². The number of fused-ring (bicyclic) bond motifs is 1. The third-order valence-corrected chi connectivity index (χ3v) is 4.56. The Morgan fingerprint density at radius 3 is 3.05 bits per heavy atom. The molecule has 1 N–H and O–H groups in total. The second kappa shape index (κ2) is 6.48. The highest BCUT2D eigenvalue weighted by Crippen LogP contribution is 2.34. The lowest BCUT2D eigenvalue weighted by Crippen LogP contribution is -2.41. The van der Waals surface area contributed by atoms with Crippen molar-refractivity contribution in [2.24, 2.45) is 5.92 Å². The van der Waals surface area contributed by atoms with Crippen molar-refractivity contribution in [3.63, 3.8) is 0 Å². The molecule has 1 fully saturated rings. The van der Waals surface area contributed by atoms with Crippen molar-refractivity contribution in [3.05, 3.63) is 29.8 Å². The Hall–Kier alpha value is -1.55. The Morgan fingerprint density at radius 2 is 2.24 bits per heavy atom. The van der Waals surface area contributed by atoms with Crippen molar-refractivity contribution in [1.82, 2.24) is 10.2 Å². The van der Waals surface area contributed by atoms with Crippen molar-refractivity contribution in [2.75, 3.05) is 33.3 Å². The SMILES string of the molecule is CN(CC1CCCNC1)C(=O)C1CCOc2ccccc21. The average Bonchev–Trinajstić information content (AvgIpc) is 2.54. The van der Waals surface area contributed by atoms with Gasteiger partial charge in [0.2, 0.25) is 5.91 Å². The zero-order chi connectivity index (χ0) is 14.7. The van der Waals surface area contributed by atoms with Gasteiger partial charge in [-0.3, -0.25) is 4.79 Å². The van der Waals surface area contributed by atoms with Gasteiger partial charge in [-0.25, -0.2) is 0 Å². The molecule has 4 heteroatoms. The van der Waals surface area contributed by atoms with E-state index in [1.807, 2.05) is 36.2 Å². The van der Waals surface area contributed by atoms with Crippen LogP contribution in [0.5, 0.6) is 5.75 Å². The highest BCUT2D eigenvalue weighted by Gasteiger charge is 2.30. The molecule has 1 aromatic rings. The highest BCUT2D eigenvalue weighted by molar-refractivity contribution is 5.84. The number of hydrogen-bond acceptors (Lipinski definition) is 3. The molecule has 1 aromatic carbocycles. The van der Waals surface area contributed by atoms with Gasteiger partial charge >= 0.3 is 0 Å². The van der Waals surface area contributed by atoms with Gasteiger partial charge in [-0.2, -0.15) is 0 Å². The van der Waals surface area contributed by atoms with E-state index < -0.39 is 0 Å². The van der Waals surface area contributed by atoms with Crippen LogP contribution in [0.15, 0.2) is 24.3 Å². The molecule has 2 atom stereocenters. The number of carbonyl (C=O) groups is 1. The van der Waals surface area contributed by atoms with Crippen molar-refractivity contribution in [2.45, 2.75) is 25.2 Å². The van der Waals surface area contributed by atoms with E-state index in [0.29, 0.717) is 12.5 Å². The number of hydrogen-bond donors (Lipinski definition) is 1. The Bertz CT molecular complexity index is 497. The highest BCUT2D eigenvalue weighted by atomic mass is 16.5. The fraction of sp³-hybridized carbons (Fsp3) is 0.588. The maximum absolute atomic E-state index is 12.8. The summed E-state index contributed by atoms with van der Waals surface area (Å²) in [5.74, 6) is 1.64. The Balaban J connectivity index is 1.67. The van der Waals surface area contributed by atoms with Gasteiger partial charge in [-0.1, -0.05) is 18.2 Å². The second-order valence-corrected chi connectivity index (χ2v) is 6.16. The first-order valence-electron chi connectivity index (χ1n) is 7.93. The molecule has 0 spiro atoms. The number of benzene rings is 1. The van der Waals surface area contributed by atoms with Gasteiger partial charge in [0.1, 0.15) is 5.75 Å². The summed E-state index contributed by atoms with van der Waals surface area (Å²) >= 11 is 0. The smallest absolute Gasteiger partial charge is 0.230 e. The van der Waals surface area contributed by atoms with Crippen molar-refractivity contribution < 1.29 is 9.53 Å².